The maximum absolute atomic E-state index is 12.0. The lowest BCUT2D eigenvalue weighted by molar-refractivity contribution is 0.0922. The van der Waals surface area contributed by atoms with Crippen molar-refractivity contribution in [3.8, 4) is 11.5 Å². The lowest BCUT2D eigenvalue weighted by atomic mass is 10.2. The van der Waals surface area contributed by atoms with Crippen LogP contribution in [0.25, 0.3) is 0 Å². The highest BCUT2D eigenvalue weighted by Crippen LogP contribution is 2.30. The number of fused-ring (bicyclic) bond motifs is 1. The van der Waals surface area contributed by atoms with E-state index in [1.54, 1.807) is 4.68 Å². The number of nitrogens with one attached hydrogen (secondary N) is 2. The Hall–Kier alpha value is -2.77. The molecule has 1 aliphatic rings. The third-order valence-electron chi connectivity index (χ3n) is 3.57. The zero-order valence-electron chi connectivity index (χ0n) is 13.9. The van der Waals surface area contributed by atoms with Gasteiger partial charge in [0.2, 0.25) is 5.95 Å². The summed E-state index contributed by atoms with van der Waals surface area (Å²) in [6.45, 7) is 6.56. The van der Waals surface area contributed by atoms with Crippen molar-refractivity contribution in [2.24, 2.45) is 0 Å². The van der Waals surface area contributed by atoms with Crippen LogP contribution in [0.1, 0.15) is 25.7 Å². The van der Waals surface area contributed by atoms with Crippen LogP contribution in [0.3, 0.4) is 0 Å². The van der Waals surface area contributed by atoms with Crippen molar-refractivity contribution < 1.29 is 14.3 Å². The van der Waals surface area contributed by atoms with E-state index in [0.717, 1.165) is 11.6 Å². The summed E-state index contributed by atoms with van der Waals surface area (Å²) in [7, 11) is 0. The number of urea groups is 1. The van der Waals surface area contributed by atoms with E-state index >= 15 is 0 Å². The van der Waals surface area contributed by atoms with Gasteiger partial charge in [0.05, 0.1) is 6.54 Å². The van der Waals surface area contributed by atoms with Crippen LogP contribution in [0.2, 0.25) is 0 Å². The largest absolute Gasteiger partial charge is 0.486 e. The Morgan fingerprint density at radius 3 is 2.83 bits per heavy atom. The zero-order valence-corrected chi connectivity index (χ0v) is 13.9. The minimum atomic E-state index is -0.377. The molecular formula is C16H21N5O3. The van der Waals surface area contributed by atoms with Gasteiger partial charge in [-0.1, -0.05) is 12.1 Å². The first kappa shape index (κ1) is 16.1. The molecule has 1 aliphatic heterocycles. The molecular weight excluding hydrogens is 310 g/mol. The molecule has 8 heteroatoms. The predicted octanol–water partition coefficient (Wildman–Crippen LogP) is 2.13. The lowest BCUT2D eigenvalue weighted by Gasteiger charge is -2.26. The molecule has 2 aromatic rings. The Kier molecular flexibility index (Phi) is 4.54. The topological polar surface area (TPSA) is 90.3 Å². The molecule has 0 fully saturated rings. The average Bonchev–Trinajstić information content (AvgIpc) is 2.93. The quantitative estimate of drug-likeness (QED) is 0.896. The Morgan fingerprint density at radius 1 is 1.38 bits per heavy atom. The molecule has 8 nitrogen and oxygen atoms in total. The zero-order chi connectivity index (χ0) is 17.1. The second-order valence-electron chi connectivity index (χ2n) is 5.85. The smallest absolute Gasteiger partial charge is 0.321 e. The van der Waals surface area contributed by atoms with Crippen LogP contribution in [0.5, 0.6) is 11.5 Å². The molecule has 0 bridgehead atoms. The van der Waals surface area contributed by atoms with Gasteiger partial charge in [0.25, 0.3) is 0 Å². The average molecular weight is 331 g/mol. The van der Waals surface area contributed by atoms with Crippen LogP contribution in [0.4, 0.5) is 10.7 Å². The predicted molar refractivity (Wildman–Crippen MR) is 88.5 cm³/mol. The number of nitrogens with zero attached hydrogens (tertiary/aromatic N) is 3. The number of carbonyl (C=O) groups is 1. The number of rotatable bonds is 4. The SMILES string of the molecule is Cc1nc(NC(=O)NC[C@@H]2COc3ccccc3O2)nn1C(C)C. The van der Waals surface area contributed by atoms with Crippen LogP contribution in [-0.4, -0.2) is 40.1 Å². The summed E-state index contributed by atoms with van der Waals surface area (Å²) >= 11 is 0. The third-order valence-corrected chi connectivity index (χ3v) is 3.57. The number of aromatic nitrogens is 3. The van der Waals surface area contributed by atoms with Crippen LogP contribution in [0.15, 0.2) is 24.3 Å². The van der Waals surface area contributed by atoms with Crippen molar-refractivity contribution >= 4 is 12.0 Å². The van der Waals surface area contributed by atoms with E-state index in [0.29, 0.717) is 18.9 Å². The molecule has 2 amide bonds. The van der Waals surface area contributed by atoms with Crippen molar-refractivity contribution in [3.63, 3.8) is 0 Å². The molecule has 1 aromatic carbocycles. The summed E-state index contributed by atoms with van der Waals surface area (Å²) in [5.74, 6) is 2.44. The molecule has 0 aliphatic carbocycles. The Balaban J connectivity index is 1.51. The second kappa shape index (κ2) is 6.77. The van der Waals surface area contributed by atoms with E-state index in [2.05, 4.69) is 20.7 Å². The van der Waals surface area contributed by atoms with Gasteiger partial charge in [-0.25, -0.2) is 9.48 Å². The number of carbonyl (C=O) groups excluding carboxylic acids is 1. The molecule has 2 heterocycles. The van der Waals surface area contributed by atoms with Gasteiger partial charge in [-0.2, -0.15) is 4.98 Å². The summed E-state index contributed by atoms with van der Waals surface area (Å²) < 4.78 is 13.1. The first-order chi connectivity index (χ1) is 11.5. The van der Waals surface area contributed by atoms with Gasteiger partial charge in [0.1, 0.15) is 12.4 Å². The molecule has 0 saturated heterocycles. The van der Waals surface area contributed by atoms with Crippen molar-refractivity contribution in [1.29, 1.82) is 0 Å². The van der Waals surface area contributed by atoms with Gasteiger partial charge in [-0.15, -0.1) is 5.10 Å². The fraction of sp³-hybridized carbons (Fsp3) is 0.438. The monoisotopic (exact) mass is 331 g/mol. The second-order valence-corrected chi connectivity index (χ2v) is 5.85. The number of amides is 2. The Bertz CT molecular complexity index is 728. The van der Waals surface area contributed by atoms with Crippen LogP contribution in [0, 0.1) is 6.92 Å². The van der Waals surface area contributed by atoms with E-state index in [-0.39, 0.29) is 24.1 Å². The molecule has 0 spiro atoms. The van der Waals surface area contributed by atoms with Crippen LogP contribution in [-0.2, 0) is 0 Å². The summed E-state index contributed by atoms with van der Waals surface area (Å²) in [5, 5.41) is 9.62. The highest BCUT2D eigenvalue weighted by Gasteiger charge is 2.21. The van der Waals surface area contributed by atoms with E-state index in [4.69, 9.17) is 9.47 Å². The first-order valence-corrected chi connectivity index (χ1v) is 7.89. The molecule has 24 heavy (non-hydrogen) atoms. The number of anilines is 1. The number of hydrogen-bond acceptors (Lipinski definition) is 5. The summed E-state index contributed by atoms with van der Waals surface area (Å²) in [5.41, 5.74) is 0. The fourth-order valence-electron chi connectivity index (χ4n) is 2.46. The molecule has 2 N–H and O–H groups in total. The number of hydrogen-bond donors (Lipinski definition) is 2. The summed E-state index contributed by atoms with van der Waals surface area (Å²) in [6, 6.07) is 7.27. The van der Waals surface area contributed by atoms with Gasteiger partial charge in [0, 0.05) is 6.04 Å². The molecule has 1 aromatic heterocycles. The molecule has 128 valence electrons. The highest BCUT2D eigenvalue weighted by atomic mass is 16.6. The van der Waals surface area contributed by atoms with Gasteiger partial charge in [-0.3, -0.25) is 5.32 Å². The molecule has 1 atom stereocenters. The standard InChI is InChI=1S/C16H21N5O3/c1-10(2)21-11(3)18-15(20-21)19-16(22)17-8-12-9-23-13-6-4-5-7-14(13)24-12/h4-7,10,12H,8-9H2,1-3H3,(H2,17,19,20,22)/t12-/m1/s1. The number of benzene rings is 1. The normalized spacial score (nSPS) is 16.1. The Labute approximate surface area is 140 Å². The minimum Gasteiger partial charge on any atom is -0.486 e. The van der Waals surface area contributed by atoms with Crippen molar-refractivity contribution in [2.45, 2.75) is 32.9 Å². The lowest BCUT2D eigenvalue weighted by Crippen LogP contribution is -2.42. The van der Waals surface area contributed by atoms with Gasteiger partial charge < -0.3 is 14.8 Å². The van der Waals surface area contributed by atoms with Gasteiger partial charge in [0.15, 0.2) is 17.6 Å². The van der Waals surface area contributed by atoms with E-state index in [9.17, 15) is 4.79 Å². The molecule has 0 saturated carbocycles. The first-order valence-electron chi connectivity index (χ1n) is 7.89. The maximum atomic E-state index is 12.0. The fourth-order valence-corrected chi connectivity index (χ4v) is 2.46. The molecule has 0 radical (unpaired) electrons. The van der Waals surface area contributed by atoms with Crippen molar-refractivity contribution in [3.05, 3.63) is 30.1 Å². The highest BCUT2D eigenvalue weighted by molar-refractivity contribution is 5.87. The van der Waals surface area contributed by atoms with Gasteiger partial charge in [-0.05, 0) is 32.9 Å². The maximum Gasteiger partial charge on any atom is 0.321 e. The van der Waals surface area contributed by atoms with E-state index in [1.807, 2.05) is 45.0 Å². The van der Waals surface area contributed by atoms with E-state index in [1.165, 1.54) is 0 Å². The van der Waals surface area contributed by atoms with Crippen LogP contribution >= 0.6 is 0 Å². The number of para-hydroxylation sites is 2. The van der Waals surface area contributed by atoms with Gasteiger partial charge >= 0.3 is 6.03 Å². The number of aryl methyl sites for hydroxylation is 1. The summed E-state index contributed by atoms with van der Waals surface area (Å²) in [4.78, 5) is 16.2. The van der Waals surface area contributed by atoms with Crippen molar-refractivity contribution in [2.75, 3.05) is 18.5 Å². The van der Waals surface area contributed by atoms with Crippen LogP contribution < -0.4 is 20.1 Å². The van der Waals surface area contributed by atoms with Crippen molar-refractivity contribution in [1.82, 2.24) is 20.1 Å². The number of ether oxygens (including phenoxy) is 2. The van der Waals surface area contributed by atoms with E-state index < -0.39 is 0 Å². The Morgan fingerprint density at radius 2 is 2.12 bits per heavy atom. The summed E-state index contributed by atoms with van der Waals surface area (Å²) in [6.07, 6.45) is -0.242. The molecule has 0 unspecified atom stereocenters. The molecule has 3 rings (SSSR count). The minimum absolute atomic E-state index is 0.184. The third kappa shape index (κ3) is 3.58.